The second-order valence-corrected chi connectivity index (χ2v) is 6.72. The van der Waals surface area contributed by atoms with Crippen LogP contribution in [0.15, 0.2) is 28.8 Å². The van der Waals surface area contributed by atoms with Crippen molar-refractivity contribution in [3.63, 3.8) is 0 Å². The van der Waals surface area contributed by atoms with Crippen LogP contribution in [0, 0.1) is 0 Å². The van der Waals surface area contributed by atoms with Crippen molar-refractivity contribution >= 4 is 12.0 Å². The van der Waals surface area contributed by atoms with E-state index in [4.69, 9.17) is 14.0 Å². The first-order valence-electron chi connectivity index (χ1n) is 7.98. The van der Waals surface area contributed by atoms with E-state index in [1.54, 1.807) is 40.0 Å². The van der Waals surface area contributed by atoms with Gasteiger partial charge in [0, 0.05) is 18.5 Å². The van der Waals surface area contributed by atoms with Crippen molar-refractivity contribution in [1.82, 2.24) is 10.1 Å². The Hall–Kier alpha value is -2.83. The highest BCUT2D eigenvalue weighted by atomic mass is 16.6. The van der Waals surface area contributed by atoms with Gasteiger partial charge in [0.15, 0.2) is 5.76 Å². The predicted molar refractivity (Wildman–Crippen MR) is 89.5 cm³/mol. The van der Waals surface area contributed by atoms with Gasteiger partial charge in [-0.05, 0) is 32.9 Å². The monoisotopic (exact) mass is 344 g/mol. The molecule has 0 bridgehead atoms. The Labute approximate surface area is 145 Å². The van der Waals surface area contributed by atoms with E-state index in [2.05, 4.69) is 5.16 Å². The number of benzene rings is 1. The maximum Gasteiger partial charge on any atom is 0.417 e. The van der Waals surface area contributed by atoms with Crippen LogP contribution in [-0.2, 0) is 11.2 Å². The smallest absolute Gasteiger partial charge is 0.417 e. The van der Waals surface area contributed by atoms with Crippen LogP contribution in [0.5, 0.6) is 5.75 Å². The van der Waals surface area contributed by atoms with E-state index in [1.165, 1.54) is 0 Å². The standard InChI is InChI=1S/C18H20N2O5/c1-18(2,3)24-17(22)20-10-9-13-14(16(20)21)15(19-25-13)11-7-5-6-8-12(11)23-4/h5-8H,9-10H2,1-4H3. The molecule has 0 saturated heterocycles. The van der Waals surface area contributed by atoms with Crippen LogP contribution in [0.2, 0.25) is 0 Å². The first kappa shape index (κ1) is 17.0. The van der Waals surface area contributed by atoms with E-state index < -0.39 is 17.6 Å². The van der Waals surface area contributed by atoms with Gasteiger partial charge in [-0.3, -0.25) is 4.79 Å². The van der Waals surface area contributed by atoms with E-state index in [-0.39, 0.29) is 12.1 Å². The quantitative estimate of drug-likeness (QED) is 0.831. The summed E-state index contributed by atoms with van der Waals surface area (Å²) in [5, 5.41) is 4.04. The molecule has 0 spiro atoms. The molecule has 0 atom stereocenters. The molecule has 0 N–H and O–H groups in total. The molecule has 0 saturated carbocycles. The molecule has 132 valence electrons. The van der Waals surface area contributed by atoms with Crippen LogP contribution in [0.3, 0.4) is 0 Å². The molecule has 2 heterocycles. The summed E-state index contributed by atoms with van der Waals surface area (Å²) in [6.45, 7) is 5.46. The molecule has 7 nitrogen and oxygen atoms in total. The van der Waals surface area contributed by atoms with Gasteiger partial charge >= 0.3 is 6.09 Å². The lowest BCUT2D eigenvalue weighted by molar-refractivity contribution is 0.0229. The number of ether oxygens (including phenoxy) is 2. The zero-order valence-corrected chi connectivity index (χ0v) is 14.7. The molecular weight excluding hydrogens is 324 g/mol. The van der Waals surface area contributed by atoms with Crippen molar-refractivity contribution in [2.75, 3.05) is 13.7 Å². The lowest BCUT2D eigenvalue weighted by Crippen LogP contribution is -2.44. The molecule has 0 fully saturated rings. The number of methoxy groups -OCH3 is 1. The predicted octanol–water partition coefficient (Wildman–Crippen LogP) is 3.28. The van der Waals surface area contributed by atoms with Gasteiger partial charge in [0.05, 0.1) is 7.11 Å². The maximum atomic E-state index is 12.9. The maximum absolute atomic E-state index is 12.9. The molecule has 2 amide bonds. The summed E-state index contributed by atoms with van der Waals surface area (Å²) in [7, 11) is 1.54. The van der Waals surface area contributed by atoms with Crippen LogP contribution < -0.4 is 4.74 Å². The van der Waals surface area contributed by atoms with Crippen molar-refractivity contribution < 1.29 is 23.6 Å². The van der Waals surface area contributed by atoms with Crippen LogP contribution in [0.4, 0.5) is 4.79 Å². The fourth-order valence-corrected chi connectivity index (χ4v) is 2.68. The molecule has 1 aliphatic heterocycles. The van der Waals surface area contributed by atoms with E-state index in [0.717, 1.165) is 4.90 Å². The van der Waals surface area contributed by atoms with Gasteiger partial charge < -0.3 is 14.0 Å². The lowest BCUT2D eigenvalue weighted by Gasteiger charge is -2.28. The molecular formula is C18H20N2O5. The first-order chi connectivity index (χ1) is 11.8. The molecule has 1 aromatic heterocycles. The van der Waals surface area contributed by atoms with Gasteiger partial charge in [-0.15, -0.1) is 0 Å². The van der Waals surface area contributed by atoms with Gasteiger partial charge in [-0.25, -0.2) is 9.69 Å². The van der Waals surface area contributed by atoms with Crippen LogP contribution in [0.25, 0.3) is 11.3 Å². The number of nitrogens with zero attached hydrogens (tertiary/aromatic N) is 2. The minimum Gasteiger partial charge on any atom is -0.496 e. The normalized spacial score (nSPS) is 14.2. The Morgan fingerprint density at radius 2 is 2.00 bits per heavy atom. The second-order valence-electron chi connectivity index (χ2n) is 6.72. The number of carbonyl (C=O) groups is 2. The summed E-state index contributed by atoms with van der Waals surface area (Å²) < 4.78 is 16.0. The molecule has 3 rings (SSSR count). The second kappa shape index (κ2) is 6.23. The van der Waals surface area contributed by atoms with Crippen molar-refractivity contribution in [2.45, 2.75) is 32.8 Å². The summed E-state index contributed by atoms with van der Waals surface area (Å²) in [6, 6.07) is 7.20. The summed E-state index contributed by atoms with van der Waals surface area (Å²) in [4.78, 5) is 26.3. The molecule has 2 aromatic rings. The Bertz CT molecular complexity index is 819. The third-order valence-corrected chi connectivity index (χ3v) is 3.76. The summed E-state index contributed by atoms with van der Waals surface area (Å²) >= 11 is 0. The largest absolute Gasteiger partial charge is 0.496 e. The number of aromatic nitrogens is 1. The van der Waals surface area contributed by atoms with Crippen LogP contribution in [-0.4, -0.2) is 41.3 Å². The van der Waals surface area contributed by atoms with Gasteiger partial charge in [0.25, 0.3) is 5.91 Å². The number of hydrogen-bond donors (Lipinski definition) is 0. The van der Waals surface area contributed by atoms with E-state index in [9.17, 15) is 9.59 Å². The van der Waals surface area contributed by atoms with E-state index in [0.29, 0.717) is 29.2 Å². The molecule has 0 unspecified atom stereocenters. The number of amides is 2. The SMILES string of the molecule is COc1ccccc1-c1noc2c1C(=O)N(C(=O)OC(C)(C)C)CC2. The number of imide groups is 1. The fraction of sp³-hybridized carbons (Fsp3) is 0.389. The van der Waals surface area contributed by atoms with Crippen molar-refractivity contribution in [1.29, 1.82) is 0 Å². The number of carbonyl (C=O) groups excluding carboxylic acids is 2. The number of para-hydroxylation sites is 1. The van der Waals surface area contributed by atoms with E-state index in [1.807, 2.05) is 12.1 Å². The molecule has 1 aromatic carbocycles. The van der Waals surface area contributed by atoms with Crippen LogP contribution >= 0.6 is 0 Å². The third kappa shape index (κ3) is 3.22. The van der Waals surface area contributed by atoms with Crippen LogP contribution in [0.1, 0.15) is 36.9 Å². The zero-order valence-electron chi connectivity index (χ0n) is 14.7. The first-order valence-corrected chi connectivity index (χ1v) is 7.98. The van der Waals surface area contributed by atoms with Crippen molar-refractivity contribution in [2.24, 2.45) is 0 Å². The average molecular weight is 344 g/mol. The zero-order chi connectivity index (χ0) is 18.2. The Morgan fingerprint density at radius 1 is 1.28 bits per heavy atom. The van der Waals surface area contributed by atoms with Crippen molar-refractivity contribution in [3.05, 3.63) is 35.6 Å². The molecule has 1 aliphatic rings. The van der Waals surface area contributed by atoms with Gasteiger partial charge in [0.1, 0.15) is 22.6 Å². The summed E-state index contributed by atoms with van der Waals surface area (Å²) in [6.07, 6.45) is -0.280. The molecule has 25 heavy (non-hydrogen) atoms. The summed E-state index contributed by atoms with van der Waals surface area (Å²) in [5.41, 5.74) is 0.597. The number of hydrogen-bond acceptors (Lipinski definition) is 6. The minimum atomic E-state index is -0.683. The van der Waals surface area contributed by atoms with E-state index >= 15 is 0 Å². The third-order valence-electron chi connectivity index (χ3n) is 3.76. The Kier molecular flexibility index (Phi) is 4.24. The highest BCUT2D eigenvalue weighted by Crippen LogP contribution is 2.35. The number of fused-ring (bicyclic) bond motifs is 1. The molecule has 0 aliphatic carbocycles. The van der Waals surface area contributed by atoms with Gasteiger partial charge in [-0.2, -0.15) is 0 Å². The molecule has 7 heteroatoms. The Morgan fingerprint density at radius 3 is 2.68 bits per heavy atom. The number of rotatable bonds is 2. The summed E-state index contributed by atoms with van der Waals surface area (Å²) in [5.74, 6) is 0.559. The highest BCUT2D eigenvalue weighted by molar-refractivity contribution is 6.08. The highest BCUT2D eigenvalue weighted by Gasteiger charge is 2.37. The van der Waals surface area contributed by atoms with Gasteiger partial charge in [-0.1, -0.05) is 17.3 Å². The van der Waals surface area contributed by atoms with Crippen molar-refractivity contribution in [3.8, 4) is 17.0 Å². The molecule has 0 radical (unpaired) electrons. The Balaban J connectivity index is 1.99. The minimum absolute atomic E-state index is 0.196. The lowest BCUT2D eigenvalue weighted by atomic mass is 10.0. The van der Waals surface area contributed by atoms with Gasteiger partial charge in [0.2, 0.25) is 0 Å². The topological polar surface area (TPSA) is 81.9 Å². The average Bonchev–Trinajstić information content (AvgIpc) is 2.98. The fourth-order valence-electron chi connectivity index (χ4n) is 2.68.